The van der Waals surface area contributed by atoms with E-state index in [4.69, 9.17) is 9.47 Å². The summed E-state index contributed by atoms with van der Waals surface area (Å²) in [7, 11) is 0. The maximum absolute atomic E-state index is 5.64. The van der Waals surface area contributed by atoms with Gasteiger partial charge >= 0.3 is 0 Å². The molecule has 1 aliphatic heterocycles. The lowest BCUT2D eigenvalue weighted by molar-refractivity contribution is 0.170. The lowest BCUT2D eigenvalue weighted by atomic mass is 10.1. The molecule has 1 aliphatic rings. The van der Waals surface area contributed by atoms with Crippen molar-refractivity contribution in [2.75, 3.05) is 13.2 Å². The van der Waals surface area contributed by atoms with Crippen LogP contribution in [-0.4, -0.2) is 18.2 Å². The highest BCUT2D eigenvalue weighted by atomic mass is 79.9. The Morgan fingerprint density at radius 1 is 1.33 bits per heavy atom. The van der Waals surface area contributed by atoms with Crippen LogP contribution in [-0.2, 0) is 6.54 Å². The molecule has 5 heteroatoms. The van der Waals surface area contributed by atoms with Gasteiger partial charge in [0, 0.05) is 25.0 Å². The van der Waals surface area contributed by atoms with Crippen LogP contribution in [0, 0.1) is 0 Å². The van der Waals surface area contributed by atoms with Gasteiger partial charge in [-0.15, -0.1) is 0 Å². The van der Waals surface area contributed by atoms with Crippen LogP contribution in [0.15, 0.2) is 41.1 Å². The first-order valence-electron chi connectivity index (χ1n) is 6.95. The van der Waals surface area contributed by atoms with E-state index in [0.29, 0.717) is 13.2 Å². The molecule has 2 heterocycles. The molecule has 3 rings (SSSR count). The van der Waals surface area contributed by atoms with E-state index >= 15 is 0 Å². The SMILES string of the molecule is C[C@H](NCc1cc(Br)c2c(c1)OCCO2)c1cccnc1. The molecule has 0 radical (unpaired) electrons. The van der Waals surface area contributed by atoms with E-state index in [9.17, 15) is 0 Å². The number of nitrogens with zero attached hydrogens (tertiary/aromatic N) is 1. The Bertz CT molecular complexity index is 619. The van der Waals surface area contributed by atoms with Gasteiger partial charge < -0.3 is 14.8 Å². The lowest BCUT2D eigenvalue weighted by Gasteiger charge is -2.21. The number of aromatic nitrogens is 1. The molecule has 0 spiro atoms. The topological polar surface area (TPSA) is 43.4 Å². The second kappa shape index (κ2) is 6.45. The molecular weight excluding hydrogens is 332 g/mol. The molecule has 0 saturated carbocycles. The highest BCUT2D eigenvalue weighted by Gasteiger charge is 2.16. The molecule has 0 amide bonds. The van der Waals surface area contributed by atoms with Crippen LogP contribution in [0.3, 0.4) is 0 Å². The molecule has 110 valence electrons. The number of rotatable bonds is 4. The number of fused-ring (bicyclic) bond motifs is 1. The Balaban J connectivity index is 1.69. The molecule has 1 atom stereocenters. The summed E-state index contributed by atoms with van der Waals surface area (Å²) in [5.41, 5.74) is 2.33. The Hall–Kier alpha value is -1.59. The minimum absolute atomic E-state index is 0.241. The van der Waals surface area contributed by atoms with Crippen molar-refractivity contribution < 1.29 is 9.47 Å². The first kappa shape index (κ1) is 14.4. The Kier molecular flexibility index (Phi) is 4.41. The molecule has 0 bridgehead atoms. The van der Waals surface area contributed by atoms with Gasteiger partial charge in [0.1, 0.15) is 13.2 Å². The van der Waals surface area contributed by atoms with E-state index < -0.39 is 0 Å². The standard InChI is InChI=1S/C16H17BrN2O2/c1-11(13-3-2-4-18-10-13)19-9-12-7-14(17)16-15(8-12)20-5-6-21-16/h2-4,7-8,10-11,19H,5-6,9H2,1H3/t11-/m0/s1. The minimum Gasteiger partial charge on any atom is -0.486 e. The zero-order valence-electron chi connectivity index (χ0n) is 11.8. The van der Waals surface area contributed by atoms with Gasteiger partial charge in [0.25, 0.3) is 0 Å². The lowest BCUT2D eigenvalue weighted by Crippen LogP contribution is -2.19. The third-order valence-corrected chi connectivity index (χ3v) is 4.04. The van der Waals surface area contributed by atoms with Crippen LogP contribution in [0.4, 0.5) is 0 Å². The maximum Gasteiger partial charge on any atom is 0.175 e. The zero-order chi connectivity index (χ0) is 14.7. The first-order valence-corrected chi connectivity index (χ1v) is 7.74. The van der Waals surface area contributed by atoms with Gasteiger partial charge in [-0.25, -0.2) is 0 Å². The number of halogens is 1. The van der Waals surface area contributed by atoms with Crippen LogP contribution in [0.1, 0.15) is 24.1 Å². The summed E-state index contributed by atoms with van der Waals surface area (Å²) in [6.45, 7) is 4.08. The molecule has 0 unspecified atom stereocenters. The number of pyridine rings is 1. The van der Waals surface area contributed by atoms with Gasteiger partial charge in [0.2, 0.25) is 0 Å². The first-order chi connectivity index (χ1) is 10.2. The molecule has 4 nitrogen and oxygen atoms in total. The molecule has 21 heavy (non-hydrogen) atoms. The van der Waals surface area contributed by atoms with E-state index in [1.54, 1.807) is 6.20 Å². The summed E-state index contributed by atoms with van der Waals surface area (Å²) < 4.78 is 12.2. The fourth-order valence-electron chi connectivity index (χ4n) is 2.29. The van der Waals surface area contributed by atoms with Gasteiger partial charge in [-0.05, 0) is 52.2 Å². The summed E-state index contributed by atoms with van der Waals surface area (Å²) in [5.74, 6) is 1.60. The van der Waals surface area contributed by atoms with Gasteiger partial charge in [0.15, 0.2) is 11.5 Å². The van der Waals surface area contributed by atoms with Crippen molar-refractivity contribution in [1.82, 2.24) is 10.3 Å². The molecule has 1 N–H and O–H groups in total. The third-order valence-electron chi connectivity index (χ3n) is 3.45. The zero-order valence-corrected chi connectivity index (χ0v) is 13.4. The van der Waals surface area contributed by atoms with E-state index in [2.05, 4.69) is 45.3 Å². The minimum atomic E-state index is 0.241. The Morgan fingerprint density at radius 3 is 3.00 bits per heavy atom. The number of nitrogens with one attached hydrogen (secondary N) is 1. The molecule has 1 aromatic carbocycles. The van der Waals surface area contributed by atoms with Crippen molar-refractivity contribution >= 4 is 15.9 Å². The number of benzene rings is 1. The predicted molar refractivity (Wildman–Crippen MR) is 84.6 cm³/mol. The summed E-state index contributed by atoms with van der Waals surface area (Å²) >= 11 is 3.54. The largest absolute Gasteiger partial charge is 0.486 e. The molecule has 0 aliphatic carbocycles. The van der Waals surface area contributed by atoms with Gasteiger partial charge in [0.05, 0.1) is 4.47 Å². The normalized spacial score (nSPS) is 14.8. The second-order valence-corrected chi connectivity index (χ2v) is 5.85. The van der Waals surface area contributed by atoms with E-state index in [1.807, 2.05) is 18.3 Å². The molecule has 2 aromatic rings. The van der Waals surface area contributed by atoms with E-state index in [1.165, 1.54) is 5.56 Å². The Morgan fingerprint density at radius 2 is 2.19 bits per heavy atom. The molecule has 1 aromatic heterocycles. The number of ether oxygens (including phenoxy) is 2. The maximum atomic E-state index is 5.64. The fraction of sp³-hybridized carbons (Fsp3) is 0.312. The molecule has 0 saturated heterocycles. The molecule has 0 fully saturated rings. The smallest absolute Gasteiger partial charge is 0.175 e. The van der Waals surface area contributed by atoms with Gasteiger partial charge in [-0.1, -0.05) is 6.07 Å². The van der Waals surface area contributed by atoms with Crippen LogP contribution in [0.5, 0.6) is 11.5 Å². The summed E-state index contributed by atoms with van der Waals surface area (Å²) in [5, 5.41) is 3.49. The van der Waals surface area contributed by atoms with Crippen LogP contribution >= 0.6 is 15.9 Å². The highest BCUT2D eigenvalue weighted by Crippen LogP contribution is 2.38. The van der Waals surface area contributed by atoms with Gasteiger partial charge in [-0.3, -0.25) is 4.98 Å². The van der Waals surface area contributed by atoms with Crippen molar-refractivity contribution in [3.05, 3.63) is 52.3 Å². The van der Waals surface area contributed by atoms with Crippen LogP contribution in [0.25, 0.3) is 0 Å². The van der Waals surface area contributed by atoms with Crippen molar-refractivity contribution in [3.8, 4) is 11.5 Å². The monoisotopic (exact) mass is 348 g/mol. The number of hydrogen-bond donors (Lipinski definition) is 1. The number of hydrogen-bond acceptors (Lipinski definition) is 4. The van der Waals surface area contributed by atoms with E-state index in [-0.39, 0.29) is 6.04 Å². The fourth-order valence-corrected chi connectivity index (χ4v) is 2.89. The van der Waals surface area contributed by atoms with Crippen molar-refractivity contribution in [1.29, 1.82) is 0 Å². The molecular formula is C16H17BrN2O2. The van der Waals surface area contributed by atoms with Crippen LogP contribution in [0.2, 0.25) is 0 Å². The summed E-state index contributed by atoms with van der Waals surface area (Å²) in [6, 6.07) is 8.36. The quantitative estimate of drug-likeness (QED) is 0.918. The van der Waals surface area contributed by atoms with Crippen molar-refractivity contribution in [2.24, 2.45) is 0 Å². The van der Waals surface area contributed by atoms with E-state index in [0.717, 1.165) is 28.1 Å². The predicted octanol–water partition coefficient (Wildman–Crippen LogP) is 3.47. The third kappa shape index (κ3) is 3.36. The van der Waals surface area contributed by atoms with Gasteiger partial charge in [-0.2, -0.15) is 0 Å². The second-order valence-electron chi connectivity index (χ2n) is 4.99. The summed E-state index contributed by atoms with van der Waals surface area (Å²) in [6.07, 6.45) is 3.67. The highest BCUT2D eigenvalue weighted by molar-refractivity contribution is 9.10. The van der Waals surface area contributed by atoms with Crippen LogP contribution < -0.4 is 14.8 Å². The van der Waals surface area contributed by atoms with Crippen molar-refractivity contribution in [3.63, 3.8) is 0 Å². The average molecular weight is 349 g/mol. The average Bonchev–Trinajstić information content (AvgIpc) is 2.53. The Labute approximate surface area is 132 Å². The van der Waals surface area contributed by atoms with Crippen molar-refractivity contribution in [2.45, 2.75) is 19.5 Å². The summed E-state index contributed by atoms with van der Waals surface area (Å²) in [4.78, 5) is 4.15.